The lowest BCUT2D eigenvalue weighted by atomic mass is 9.93. The Hall–Kier alpha value is -5.16. The van der Waals surface area contributed by atoms with E-state index in [1.807, 2.05) is 121 Å². The van der Waals surface area contributed by atoms with Crippen LogP contribution in [0.5, 0.6) is 0 Å². The lowest BCUT2D eigenvalue weighted by Gasteiger charge is -2.51. The van der Waals surface area contributed by atoms with Crippen LogP contribution in [0.3, 0.4) is 0 Å². The summed E-state index contributed by atoms with van der Waals surface area (Å²) in [4.78, 5) is 30.3. The van der Waals surface area contributed by atoms with Crippen molar-refractivity contribution in [2.45, 2.75) is 87.8 Å². The summed E-state index contributed by atoms with van der Waals surface area (Å²) in [5, 5.41) is 22.0. The molecule has 0 saturated carbocycles. The number of aliphatic hydroxyl groups is 2. The van der Waals surface area contributed by atoms with E-state index in [2.05, 4.69) is 0 Å². The minimum Gasteiger partial charge on any atom is -0.394 e. The third-order valence-electron chi connectivity index (χ3n) is 11.3. The zero-order valence-electron chi connectivity index (χ0n) is 34.3. The number of hydrogen-bond acceptors (Lipinski definition) is 12. The molecule has 62 heavy (non-hydrogen) atoms. The minimum absolute atomic E-state index is 0.00767. The van der Waals surface area contributed by atoms with Gasteiger partial charge in [0.2, 0.25) is 0 Å². The van der Waals surface area contributed by atoms with Crippen molar-refractivity contribution < 1.29 is 57.7 Å². The summed E-state index contributed by atoms with van der Waals surface area (Å²) < 4.78 is 52.1. The van der Waals surface area contributed by atoms with Crippen LogP contribution < -0.4 is 0 Å². The van der Waals surface area contributed by atoms with Crippen molar-refractivity contribution in [3.8, 4) is 0 Å². The molecule has 8 rings (SSSR count). The summed E-state index contributed by atoms with van der Waals surface area (Å²) in [6, 6.07) is 43.5. The number of fused-ring (bicyclic) bond motifs is 1. The van der Waals surface area contributed by atoms with E-state index in [9.17, 15) is 19.8 Å². The summed E-state index contributed by atoms with van der Waals surface area (Å²) in [5.74, 6) is -1.13. The predicted octanol–water partition coefficient (Wildman–Crippen LogP) is 5.46. The van der Waals surface area contributed by atoms with Crippen LogP contribution in [0, 0.1) is 0 Å². The van der Waals surface area contributed by atoms with Gasteiger partial charge in [0.05, 0.1) is 50.8 Å². The van der Waals surface area contributed by atoms with Gasteiger partial charge >= 0.3 is 0 Å². The number of rotatable bonds is 18. The highest BCUT2D eigenvalue weighted by molar-refractivity contribution is 6.21. The van der Waals surface area contributed by atoms with Crippen molar-refractivity contribution in [1.29, 1.82) is 0 Å². The molecule has 5 aromatic carbocycles. The van der Waals surface area contributed by atoms with Gasteiger partial charge in [-0.2, -0.15) is 0 Å². The van der Waals surface area contributed by atoms with Crippen molar-refractivity contribution in [3.63, 3.8) is 0 Å². The highest BCUT2D eigenvalue weighted by Crippen LogP contribution is 2.39. The van der Waals surface area contributed by atoms with Crippen molar-refractivity contribution in [2.75, 3.05) is 20.3 Å². The van der Waals surface area contributed by atoms with E-state index in [1.54, 1.807) is 24.3 Å². The number of nitrogens with zero attached hydrogens (tertiary/aromatic N) is 1. The molecule has 13 heteroatoms. The average molecular weight is 846 g/mol. The molecule has 3 heterocycles. The van der Waals surface area contributed by atoms with E-state index >= 15 is 0 Å². The van der Waals surface area contributed by atoms with Crippen LogP contribution in [-0.4, -0.2) is 109 Å². The largest absolute Gasteiger partial charge is 0.394 e. The first kappa shape index (κ1) is 43.5. The molecule has 0 unspecified atom stereocenters. The standard InChI is InChI=1S/C49H51NO12/c1-55-49-45(44(41(52)38(26-51)60-49)59-30-35-22-12-5-13-23-35)62-48-40(50-46(53)36-24-14-15-25-37(36)47(50)54)43(58-29-34-20-10-4-11-21-34)42(57-28-33-18-8-3-9-19-33)39(61-48)31-56-27-32-16-6-2-7-17-32/h2-25,38-45,48-49,51-52H,26-31H2,1H3/t38-,39-,40-,41+,42-,43-,44+,45-,48+,49-/m1/s1. The quantitative estimate of drug-likeness (QED) is 0.108. The van der Waals surface area contributed by atoms with Crippen LogP contribution in [0.15, 0.2) is 146 Å². The minimum atomic E-state index is -1.45. The third kappa shape index (κ3) is 9.88. The van der Waals surface area contributed by atoms with Gasteiger partial charge in [0, 0.05) is 7.11 Å². The fraction of sp³-hybridized carbons (Fsp3) is 0.347. The molecule has 0 aromatic heterocycles. The molecule has 13 nitrogen and oxygen atoms in total. The Bertz CT molecular complexity index is 2150. The van der Waals surface area contributed by atoms with Crippen LogP contribution in [-0.2, 0) is 64.3 Å². The molecule has 5 aromatic rings. The fourth-order valence-corrected chi connectivity index (χ4v) is 8.17. The van der Waals surface area contributed by atoms with Crippen LogP contribution in [0.2, 0.25) is 0 Å². The topological polar surface area (TPSA) is 152 Å². The Kier molecular flexibility index (Phi) is 14.6. The number of carbonyl (C=O) groups excluding carboxylic acids is 2. The molecular weight excluding hydrogens is 795 g/mol. The highest BCUT2D eigenvalue weighted by Gasteiger charge is 2.58. The summed E-state index contributed by atoms with van der Waals surface area (Å²) in [6.07, 6.45) is -10.4. The normalized spacial score (nSPS) is 27.3. The number of benzene rings is 5. The monoisotopic (exact) mass is 845 g/mol. The van der Waals surface area contributed by atoms with Gasteiger partial charge in [-0.3, -0.25) is 14.5 Å². The number of ether oxygens (including phenoxy) is 8. The maximum absolute atomic E-state index is 14.6. The summed E-state index contributed by atoms with van der Waals surface area (Å²) in [6.45, 7) is -0.00501. The summed E-state index contributed by atoms with van der Waals surface area (Å²) in [5.41, 5.74) is 3.90. The summed E-state index contributed by atoms with van der Waals surface area (Å²) in [7, 11) is 1.41. The Morgan fingerprint density at radius 1 is 0.532 bits per heavy atom. The zero-order chi connectivity index (χ0) is 42.8. The van der Waals surface area contributed by atoms with E-state index in [4.69, 9.17) is 37.9 Å². The van der Waals surface area contributed by atoms with Gasteiger partial charge in [-0.05, 0) is 34.4 Å². The van der Waals surface area contributed by atoms with E-state index < -0.39 is 79.8 Å². The number of amides is 2. The first-order chi connectivity index (χ1) is 30.4. The summed E-state index contributed by atoms with van der Waals surface area (Å²) >= 11 is 0. The van der Waals surface area contributed by atoms with Crippen LogP contribution in [0.1, 0.15) is 43.0 Å². The van der Waals surface area contributed by atoms with E-state index in [0.29, 0.717) is 0 Å². The maximum Gasteiger partial charge on any atom is 0.262 e. The first-order valence-corrected chi connectivity index (χ1v) is 20.8. The second kappa shape index (κ2) is 20.8. The number of aliphatic hydroxyl groups excluding tert-OH is 2. The SMILES string of the molecule is CO[C@@H]1O[C@H](CO)[C@H](O)[C@H](OCc2ccccc2)[C@H]1O[C@@H]1O[C@H](COCc2ccccc2)[C@@H](OCc2ccccc2)[C@H](OCc2ccccc2)[C@H]1N1C(=O)c2ccccc2C1=O. The zero-order valence-corrected chi connectivity index (χ0v) is 34.3. The van der Waals surface area contributed by atoms with E-state index in [-0.39, 0.29) is 44.2 Å². The molecule has 0 aliphatic carbocycles. The van der Waals surface area contributed by atoms with Gasteiger partial charge in [-0.25, -0.2) is 0 Å². The number of imide groups is 1. The van der Waals surface area contributed by atoms with Crippen molar-refractivity contribution in [2.24, 2.45) is 0 Å². The molecule has 2 saturated heterocycles. The van der Waals surface area contributed by atoms with Crippen LogP contribution in [0.4, 0.5) is 0 Å². The first-order valence-electron chi connectivity index (χ1n) is 20.8. The number of carbonyl (C=O) groups is 2. The average Bonchev–Trinajstić information content (AvgIpc) is 3.57. The van der Waals surface area contributed by atoms with Gasteiger partial charge in [-0.1, -0.05) is 133 Å². The van der Waals surface area contributed by atoms with E-state index in [0.717, 1.165) is 27.2 Å². The van der Waals surface area contributed by atoms with Gasteiger partial charge in [0.25, 0.3) is 11.8 Å². The number of methoxy groups -OCH3 is 1. The molecule has 0 radical (unpaired) electrons. The smallest absolute Gasteiger partial charge is 0.262 e. The fourth-order valence-electron chi connectivity index (χ4n) is 8.17. The molecule has 0 spiro atoms. The van der Waals surface area contributed by atoms with Crippen LogP contribution in [0.25, 0.3) is 0 Å². The second-order valence-electron chi connectivity index (χ2n) is 15.4. The number of hydrogen-bond donors (Lipinski definition) is 2. The van der Waals surface area contributed by atoms with Gasteiger partial charge < -0.3 is 48.1 Å². The molecule has 2 fully saturated rings. The molecule has 10 atom stereocenters. The molecule has 0 bridgehead atoms. The van der Waals surface area contributed by atoms with E-state index in [1.165, 1.54) is 7.11 Å². The molecule has 2 amide bonds. The Morgan fingerprint density at radius 3 is 1.45 bits per heavy atom. The lowest BCUT2D eigenvalue weighted by molar-refractivity contribution is -0.364. The Balaban J connectivity index is 1.21. The molecule has 3 aliphatic rings. The maximum atomic E-state index is 14.6. The van der Waals surface area contributed by atoms with Crippen LogP contribution >= 0.6 is 0 Å². The Morgan fingerprint density at radius 2 is 0.968 bits per heavy atom. The van der Waals surface area contributed by atoms with Gasteiger partial charge in [0.15, 0.2) is 12.6 Å². The van der Waals surface area contributed by atoms with Crippen molar-refractivity contribution in [1.82, 2.24) is 4.90 Å². The molecule has 2 N–H and O–H groups in total. The Labute approximate surface area is 360 Å². The van der Waals surface area contributed by atoms with Crippen molar-refractivity contribution in [3.05, 3.63) is 179 Å². The lowest BCUT2D eigenvalue weighted by Crippen LogP contribution is -2.69. The molecule has 3 aliphatic heterocycles. The van der Waals surface area contributed by atoms with Gasteiger partial charge in [-0.15, -0.1) is 0 Å². The molecule has 324 valence electrons. The second-order valence-corrected chi connectivity index (χ2v) is 15.4. The molecular formula is C49H51NO12. The van der Waals surface area contributed by atoms with Crippen molar-refractivity contribution >= 4 is 11.8 Å². The predicted molar refractivity (Wildman–Crippen MR) is 224 cm³/mol. The third-order valence-corrected chi connectivity index (χ3v) is 11.3. The highest BCUT2D eigenvalue weighted by atomic mass is 16.8. The van der Waals surface area contributed by atoms with Gasteiger partial charge in [0.1, 0.15) is 48.8 Å².